The van der Waals surface area contributed by atoms with Crippen LogP contribution < -0.4 is 10.2 Å². The zero-order valence-electron chi connectivity index (χ0n) is 14.8. The number of aromatic nitrogens is 2. The standard InChI is InChI=1S/C19H19BrN4O2S/c1-13-12-24(11-10-21-13)18-19(23-17-5-3-2-4-16(17)22-18)27(25,26)15-8-6-14(20)7-9-15/h2-9,13,21H,10-12H2,1H3. The van der Waals surface area contributed by atoms with Crippen molar-refractivity contribution in [1.29, 1.82) is 0 Å². The summed E-state index contributed by atoms with van der Waals surface area (Å²) < 4.78 is 27.6. The minimum absolute atomic E-state index is 0.0117. The molecule has 140 valence electrons. The van der Waals surface area contributed by atoms with Crippen molar-refractivity contribution in [1.82, 2.24) is 15.3 Å². The monoisotopic (exact) mass is 446 g/mol. The van der Waals surface area contributed by atoms with Gasteiger partial charge in [-0.2, -0.15) is 0 Å². The third-order valence-corrected chi connectivity index (χ3v) is 6.77. The molecule has 3 aromatic rings. The summed E-state index contributed by atoms with van der Waals surface area (Å²) in [5.41, 5.74) is 1.26. The summed E-state index contributed by atoms with van der Waals surface area (Å²) in [4.78, 5) is 11.4. The summed E-state index contributed by atoms with van der Waals surface area (Å²) in [6, 6.07) is 14.2. The maximum atomic E-state index is 13.4. The lowest BCUT2D eigenvalue weighted by Gasteiger charge is -2.33. The molecule has 0 spiro atoms. The second-order valence-corrected chi connectivity index (χ2v) is 9.38. The van der Waals surface area contributed by atoms with Crippen LogP contribution in [0.3, 0.4) is 0 Å². The Kier molecular flexibility index (Phi) is 4.88. The zero-order chi connectivity index (χ0) is 19.0. The summed E-state index contributed by atoms with van der Waals surface area (Å²) >= 11 is 3.35. The molecule has 0 bridgehead atoms. The Hall–Kier alpha value is -2.03. The molecule has 1 unspecified atom stereocenters. The first kappa shape index (κ1) is 18.3. The zero-order valence-corrected chi connectivity index (χ0v) is 17.2. The molecule has 4 rings (SSSR count). The SMILES string of the molecule is CC1CN(c2nc3ccccc3nc2S(=O)(=O)c2ccc(Br)cc2)CCN1. The molecule has 1 aliphatic rings. The first-order valence-electron chi connectivity index (χ1n) is 8.71. The number of benzene rings is 2. The summed E-state index contributed by atoms with van der Waals surface area (Å²) in [6.07, 6.45) is 0. The van der Waals surface area contributed by atoms with Gasteiger partial charge in [-0.25, -0.2) is 18.4 Å². The molecule has 2 heterocycles. The van der Waals surface area contributed by atoms with Crippen LogP contribution in [0.25, 0.3) is 11.0 Å². The average Bonchev–Trinajstić information content (AvgIpc) is 2.67. The van der Waals surface area contributed by atoms with Crippen molar-refractivity contribution in [3.05, 3.63) is 53.0 Å². The summed E-state index contributed by atoms with van der Waals surface area (Å²) in [6.45, 7) is 4.20. The van der Waals surface area contributed by atoms with Crippen LogP contribution in [0.15, 0.2) is 62.9 Å². The maximum Gasteiger partial charge on any atom is 0.227 e. The van der Waals surface area contributed by atoms with E-state index in [-0.39, 0.29) is 16.0 Å². The quantitative estimate of drug-likeness (QED) is 0.666. The lowest BCUT2D eigenvalue weighted by molar-refractivity contribution is 0.479. The van der Waals surface area contributed by atoms with E-state index in [0.29, 0.717) is 29.9 Å². The molecular weight excluding hydrogens is 428 g/mol. The van der Waals surface area contributed by atoms with E-state index in [1.54, 1.807) is 30.3 Å². The number of rotatable bonds is 3. The van der Waals surface area contributed by atoms with Crippen molar-refractivity contribution < 1.29 is 8.42 Å². The van der Waals surface area contributed by atoms with Crippen LogP contribution in [0.2, 0.25) is 0 Å². The predicted molar refractivity (Wildman–Crippen MR) is 109 cm³/mol. The van der Waals surface area contributed by atoms with Gasteiger partial charge in [0.1, 0.15) is 0 Å². The van der Waals surface area contributed by atoms with Gasteiger partial charge in [-0.1, -0.05) is 28.1 Å². The maximum absolute atomic E-state index is 13.4. The van der Waals surface area contributed by atoms with Crippen LogP contribution in [0.1, 0.15) is 6.92 Å². The fraction of sp³-hybridized carbons (Fsp3) is 0.263. The highest BCUT2D eigenvalue weighted by Gasteiger charge is 2.29. The summed E-state index contributed by atoms with van der Waals surface area (Å²) in [5, 5.41) is 3.38. The minimum atomic E-state index is -3.80. The van der Waals surface area contributed by atoms with Gasteiger partial charge >= 0.3 is 0 Å². The molecule has 27 heavy (non-hydrogen) atoms. The molecule has 0 saturated carbocycles. The molecule has 6 nitrogen and oxygen atoms in total. The molecule has 8 heteroatoms. The fourth-order valence-electron chi connectivity index (χ4n) is 3.21. The second kappa shape index (κ2) is 7.18. The second-order valence-electron chi connectivity index (χ2n) is 6.60. The number of hydrogen-bond donors (Lipinski definition) is 1. The molecule has 0 radical (unpaired) electrons. The number of hydrogen-bond acceptors (Lipinski definition) is 6. The first-order chi connectivity index (χ1) is 12.9. The molecule has 1 saturated heterocycles. The van der Waals surface area contributed by atoms with Gasteiger partial charge in [-0.3, -0.25) is 0 Å². The Labute approximate surface area is 166 Å². The van der Waals surface area contributed by atoms with Crippen molar-refractivity contribution in [3.63, 3.8) is 0 Å². The van der Waals surface area contributed by atoms with Crippen molar-refractivity contribution in [3.8, 4) is 0 Å². The number of anilines is 1. The molecule has 1 atom stereocenters. The largest absolute Gasteiger partial charge is 0.351 e. The Balaban J connectivity index is 1.92. The van der Waals surface area contributed by atoms with Gasteiger partial charge in [0.25, 0.3) is 0 Å². The number of nitrogens with one attached hydrogen (secondary N) is 1. The fourth-order valence-corrected chi connectivity index (χ4v) is 4.83. The Morgan fingerprint density at radius 3 is 2.41 bits per heavy atom. The van der Waals surface area contributed by atoms with Gasteiger partial charge in [0.15, 0.2) is 5.82 Å². The number of sulfone groups is 1. The van der Waals surface area contributed by atoms with Gasteiger partial charge in [-0.15, -0.1) is 0 Å². The molecular formula is C19H19BrN4O2S. The first-order valence-corrected chi connectivity index (χ1v) is 11.0. The van der Waals surface area contributed by atoms with E-state index >= 15 is 0 Å². The van der Waals surface area contributed by atoms with Crippen LogP contribution in [0.5, 0.6) is 0 Å². The van der Waals surface area contributed by atoms with Crippen molar-refractivity contribution in [2.24, 2.45) is 0 Å². The molecule has 0 aliphatic carbocycles. The number of nitrogens with zero attached hydrogens (tertiary/aromatic N) is 3. The van der Waals surface area contributed by atoms with E-state index in [1.165, 1.54) is 0 Å². The average molecular weight is 447 g/mol. The van der Waals surface area contributed by atoms with E-state index in [9.17, 15) is 8.42 Å². The minimum Gasteiger partial charge on any atom is -0.351 e. The number of fused-ring (bicyclic) bond motifs is 1. The van der Waals surface area contributed by atoms with Gasteiger partial charge < -0.3 is 10.2 Å². The molecule has 1 fully saturated rings. The van der Waals surface area contributed by atoms with Gasteiger partial charge in [-0.05, 0) is 43.3 Å². The van der Waals surface area contributed by atoms with Crippen LogP contribution in [0, 0.1) is 0 Å². The molecule has 1 aliphatic heterocycles. The number of piperazine rings is 1. The Morgan fingerprint density at radius 1 is 1.07 bits per heavy atom. The van der Waals surface area contributed by atoms with Crippen molar-refractivity contribution in [2.75, 3.05) is 24.5 Å². The third-order valence-electron chi connectivity index (χ3n) is 4.57. The molecule has 1 N–H and O–H groups in total. The van der Waals surface area contributed by atoms with E-state index < -0.39 is 9.84 Å². The Morgan fingerprint density at radius 2 is 1.74 bits per heavy atom. The van der Waals surface area contributed by atoms with E-state index in [4.69, 9.17) is 0 Å². The molecule has 0 amide bonds. The number of para-hydroxylation sites is 2. The molecule has 2 aromatic carbocycles. The van der Waals surface area contributed by atoms with E-state index in [1.807, 2.05) is 23.1 Å². The van der Waals surface area contributed by atoms with Gasteiger partial charge in [0.05, 0.1) is 15.9 Å². The molecule has 1 aromatic heterocycles. The normalized spacial score (nSPS) is 18.0. The van der Waals surface area contributed by atoms with E-state index in [2.05, 4.69) is 38.1 Å². The van der Waals surface area contributed by atoms with Crippen LogP contribution in [0.4, 0.5) is 5.82 Å². The smallest absolute Gasteiger partial charge is 0.227 e. The van der Waals surface area contributed by atoms with Gasteiger partial charge in [0, 0.05) is 30.1 Å². The van der Waals surface area contributed by atoms with Crippen LogP contribution in [-0.2, 0) is 9.84 Å². The summed E-state index contributed by atoms with van der Waals surface area (Å²) in [5.74, 6) is 0.421. The number of halogens is 1. The lowest BCUT2D eigenvalue weighted by Crippen LogP contribution is -2.50. The lowest BCUT2D eigenvalue weighted by atomic mass is 10.2. The van der Waals surface area contributed by atoms with Gasteiger partial charge in [0.2, 0.25) is 14.9 Å². The predicted octanol–water partition coefficient (Wildman–Crippen LogP) is 3.02. The summed E-state index contributed by atoms with van der Waals surface area (Å²) in [7, 11) is -3.80. The highest BCUT2D eigenvalue weighted by atomic mass is 79.9. The van der Waals surface area contributed by atoms with Crippen LogP contribution >= 0.6 is 15.9 Å². The van der Waals surface area contributed by atoms with Crippen molar-refractivity contribution in [2.45, 2.75) is 22.9 Å². The third kappa shape index (κ3) is 3.56. The van der Waals surface area contributed by atoms with Crippen molar-refractivity contribution >= 4 is 42.6 Å². The van der Waals surface area contributed by atoms with E-state index in [0.717, 1.165) is 11.0 Å². The Bertz CT molecular complexity index is 1090. The highest BCUT2D eigenvalue weighted by Crippen LogP contribution is 2.30. The topological polar surface area (TPSA) is 75.2 Å². The highest BCUT2D eigenvalue weighted by molar-refractivity contribution is 9.10. The van der Waals surface area contributed by atoms with Crippen LogP contribution in [-0.4, -0.2) is 44.1 Å².